The van der Waals surface area contributed by atoms with Crippen molar-refractivity contribution < 1.29 is 14.2 Å². The van der Waals surface area contributed by atoms with Crippen molar-refractivity contribution in [3.63, 3.8) is 0 Å². The molecule has 31 heavy (non-hydrogen) atoms. The molecule has 0 saturated heterocycles. The number of methoxy groups -OCH3 is 3. The molecule has 0 radical (unpaired) electrons. The molecular formula is C23H23N5O3. The number of fused-ring (bicyclic) bond motifs is 1. The molecule has 0 spiro atoms. The lowest BCUT2D eigenvalue weighted by atomic mass is 10.2. The van der Waals surface area contributed by atoms with E-state index in [1.54, 1.807) is 39.7 Å². The monoisotopic (exact) mass is 417 g/mol. The molecule has 2 heterocycles. The number of para-hydroxylation sites is 1. The maximum atomic E-state index is 5.41. The van der Waals surface area contributed by atoms with Gasteiger partial charge in [-0.2, -0.15) is 4.98 Å². The van der Waals surface area contributed by atoms with Gasteiger partial charge in [0, 0.05) is 36.5 Å². The molecule has 0 aliphatic carbocycles. The minimum Gasteiger partial charge on any atom is -0.493 e. The van der Waals surface area contributed by atoms with Crippen molar-refractivity contribution in [2.45, 2.75) is 0 Å². The summed E-state index contributed by atoms with van der Waals surface area (Å²) < 4.78 is 16.2. The van der Waals surface area contributed by atoms with Gasteiger partial charge < -0.3 is 24.4 Å². The third kappa shape index (κ3) is 4.13. The van der Waals surface area contributed by atoms with E-state index in [9.17, 15) is 0 Å². The fraction of sp³-hybridized carbons (Fsp3) is 0.174. The van der Waals surface area contributed by atoms with Crippen LogP contribution < -0.4 is 24.4 Å². The molecule has 8 nitrogen and oxygen atoms in total. The Morgan fingerprint density at radius 2 is 1.61 bits per heavy atom. The van der Waals surface area contributed by atoms with Gasteiger partial charge in [0.15, 0.2) is 11.5 Å². The molecule has 0 amide bonds. The van der Waals surface area contributed by atoms with Crippen molar-refractivity contribution in [3.05, 3.63) is 60.9 Å². The zero-order valence-corrected chi connectivity index (χ0v) is 17.8. The van der Waals surface area contributed by atoms with E-state index in [1.165, 1.54) is 0 Å². The fourth-order valence-corrected chi connectivity index (χ4v) is 3.25. The third-order valence-electron chi connectivity index (χ3n) is 4.87. The van der Waals surface area contributed by atoms with E-state index in [1.807, 2.05) is 48.5 Å². The summed E-state index contributed by atoms with van der Waals surface area (Å²) in [6, 6.07) is 15.5. The lowest BCUT2D eigenvalue weighted by Crippen LogP contribution is -2.12. The Morgan fingerprint density at radius 1 is 0.871 bits per heavy atom. The predicted molar refractivity (Wildman–Crippen MR) is 121 cm³/mol. The Bertz CT molecular complexity index is 1190. The van der Waals surface area contributed by atoms with Gasteiger partial charge in [0.2, 0.25) is 11.7 Å². The second kappa shape index (κ2) is 8.74. The summed E-state index contributed by atoms with van der Waals surface area (Å²) >= 11 is 0. The summed E-state index contributed by atoms with van der Waals surface area (Å²) in [4.78, 5) is 15.5. The van der Waals surface area contributed by atoms with E-state index in [-0.39, 0.29) is 0 Å². The Kier molecular flexibility index (Phi) is 5.70. The van der Waals surface area contributed by atoms with Crippen LogP contribution >= 0.6 is 0 Å². The number of hydrogen-bond acceptors (Lipinski definition) is 8. The number of aromatic nitrogens is 3. The molecule has 0 aliphatic rings. The first kappa shape index (κ1) is 20.2. The summed E-state index contributed by atoms with van der Waals surface area (Å²) in [5.74, 6) is 2.77. The average molecular weight is 417 g/mol. The van der Waals surface area contributed by atoms with E-state index >= 15 is 0 Å². The van der Waals surface area contributed by atoms with Gasteiger partial charge in [-0.15, -0.1) is 0 Å². The second-order valence-corrected chi connectivity index (χ2v) is 6.72. The number of nitrogens with one attached hydrogen (secondary N) is 1. The largest absolute Gasteiger partial charge is 0.493 e. The van der Waals surface area contributed by atoms with Gasteiger partial charge in [-0.05, 0) is 18.2 Å². The first-order valence-electron chi connectivity index (χ1n) is 9.61. The Morgan fingerprint density at radius 3 is 2.32 bits per heavy atom. The molecule has 2 aromatic carbocycles. The van der Waals surface area contributed by atoms with Crippen molar-refractivity contribution in [2.75, 3.05) is 38.6 Å². The van der Waals surface area contributed by atoms with Crippen molar-refractivity contribution in [3.8, 4) is 17.2 Å². The van der Waals surface area contributed by atoms with Gasteiger partial charge >= 0.3 is 0 Å². The minimum atomic E-state index is 0.437. The smallest absolute Gasteiger partial charge is 0.229 e. The van der Waals surface area contributed by atoms with Crippen LogP contribution in [0.15, 0.2) is 60.9 Å². The molecule has 8 heteroatoms. The van der Waals surface area contributed by atoms with Crippen molar-refractivity contribution in [1.29, 1.82) is 0 Å². The van der Waals surface area contributed by atoms with E-state index in [0.717, 1.165) is 22.4 Å². The summed E-state index contributed by atoms with van der Waals surface area (Å²) in [6.45, 7) is 0. The molecule has 158 valence electrons. The lowest BCUT2D eigenvalue weighted by molar-refractivity contribution is 0.324. The van der Waals surface area contributed by atoms with Crippen LogP contribution in [0.4, 0.5) is 23.1 Å². The minimum absolute atomic E-state index is 0.437. The van der Waals surface area contributed by atoms with Gasteiger partial charge in [0.05, 0.1) is 38.7 Å². The highest BCUT2D eigenvalue weighted by molar-refractivity contribution is 5.82. The number of ether oxygens (including phenoxy) is 3. The molecule has 4 aromatic rings. The average Bonchev–Trinajstić information content (AvgIpc) is 2.82. The topological polar surface area (TPSA) is 81.6 Å². The lowest BCUT2D eigenvalue weighted by Gasteiger charge is -2.19. The number of benzene rings is 2. The van der Waals surface area contributed by atoms with Gasteiger partial charge in [-0.3, -0.25) is 4.98 Å². The summed E-state index contributed by atoms with van der Waals surface area (Å²) in [5.41, 5.74) is 2.59. The number of nitrogens with zero attached hydrogens (tertiary/aromatic N) is 4. The molecule has 0 atom stereocenters. The normalized spacial score (nSPS) is 10.6. The highest BCUT2D eigenvalue weighted by Crippen LogP contribution is 2.40. The van der Waals surface area contributed by atoms with Gasteiger partial charge in [-0.25, -0.2) is 4.98 Å². The number of anilines is 4. The van der Waals surface area contributed by atoms with E-state index in [2.05, 4.69) is 26.3 Å². The highest BCUT2D eigenvalue weighted by atomic mass is 16.5. The molecule has 1 N–H and O–H groups in total. The predicted octanol–water partition coefficient (Wildman–Crippen LogP) is 4.56. The molecule has 0 bridgehead atoms. The van der Waals surface area contributed by atoms with Crippen LogP contribution in [-0.2, 0) is 0 Å². The molecule has 0 fully saturated rings. The van der Waals surface area contributed by atoms with Crippen LogP contribution in [0.25, 0.3) is 10.9 Å². The Balaban J connectivity index is 1.62. The number of pyridine rings is 1. The van der Waals surface area contributed by atoms with Crippen LogP contribution in [0, 0.1) is 0 Å². The standard InChI is InChI=1S/C23H23N5O3/c1-28(17-11-15-7-5-6-8-18(15)25-14-17)21-9-10-24-23(27-21)26-16-12-19(29-2)22(31-4)20(13-16)30-3/h5-14H,1-4H3,(H,24,26,27). The Hall–Kier alpha value is -4.07. The summed E-state index contributed by atoms with van der Waals surface area (Å²) in [6.07, 6.45) is 3.53. The molecule has 2 aromatic heterocycles. The second-order valence-electron chi connectivity index (χ2n) is 6.72. The molecular weight excluding hydrogens is 394 g/mol. The maximum Gasteiger partial charge on any atom is 0.229 e. The Labute approximate surface area is 180 Å². The summed E-state index contributed by atoms with van der Waals surface area (Å²) in [5, 5.41) is 4.27. The third-order valence-corrected chi connectivity index (χ3v) is 4.87. The van der Waals surface area contributed by atoms with Crippen LogP contribution in [0.1, 0.15) is 0 Å². The quantitative estimate of drug-likeness (QED) is 0.469. The zero-order valence-electron chi connectivity index (χ0n) is 17.8. The number of rotatable bonds is 7. The van der Waals surface area contributed by atoms with Crippen LogP contribution in [0.5, 0.6) is 17.2 Å². The summed E-state index contributed by atoms with van der Waals surface area (Å²) in [7, 11) is 6.66. The number of hydrogen-bond donors (Lipinski definition) is 1. The van der Waals surface area contributed by atoms with Gasteiger partial charge in [0.1, 0.15) is 5.82 Å². The van der Waals surface area contributed by atoms with Crippen LogP contribution in [0.2, 0.25) is 0 Å². The maximum absolute atomic E-state index is 5.41. The van der Waals surface area contributed by atoms with Gasteiger partial charge in [0.25, 0.3) is 0 Å². The molecule has 4 rings (SSSR count). The van der Waals surface area contributed by atoms with E-state index in [4.69, 9.17) is 14.2 Å². The SMILES string of the molecule is COc1cc(Nc2nccc(N(C)c3cnc4ccccc4c3)n2)cc(OC)c1OC. The van der Waals surface area contributed by atoms with Crippen LogP contribution in [0.3, 0.4) is 0 Å². The van der Waals surface area contributed by atoms with E-state index in [0.29, 0.717) is 28.9 Å². The van der Waals surface area contributed by atoms with Gasteiger partial charge in [-0.1, -0.05) is 18.2 Å². The first-order chi connectivity index (χ1) is 15.1. The first-order valence-corrected chi connectivity index (χ1v) is 9.61. The zero-order chi connectivity index (χ0) is 21.8. The van der Waals surface area contributed by atoms with Crippen molar-refractivity contribution >= 4 is 34.0 Å². The fourth-order valence-electron chi connectivity index (χ4n) is 3.25. The molecule has 0 unspecified atom stereocenters. The molecule has 0 saturated carbocycles. The van der Waals surface area contributed by atoms with Crippen LogP contribution in [-0.4, -0.2) is 43.3 Å². The highest BCUT2D eigenvalue weighted by Gasteiger charge is 2.14. The van der Waals surface area contributed by atoms with Crippen molar-refractivity contribution in [1.82, 2.24) is 15.0 Å². The van der Waals surface area contributed by atoms with Crippen molar-refractivity contribution in [2.24, 2.45) is 0 Å². The van der Waals surface area contributed by atoms with E-state index < -0.39 is 0 Å². The molecule has 0 aliphatic heterocycles.